The lowest BCUT2D eigenvalue weighted by molar-refractivity contribution is -0.137. The summed E-state index contributed by atoms with van der Waals surface area (Å²) in [6, 6.07) is 3.53. The first-order valence-corrected chi connectivity index (χ1v) is 7.34. The number of rotatable bonds is 3. The van der Waals surface area contributed by atoms with Gasteiger partial charge in [0.2, 0.25) is 0 Å². The molecule has 0 bridgehead atoms. The molecule has 120 valence electrons. The number of amides is 1. The van der Waals surface area contributed by atoms with Gasteiger partial charge in [-0.25, -0.2) is 5.01 Å². The molecule has 0 atom stereocenters. The number of hydrogen-bond donors (Lipinski definition) is 1. The number of alkyl halides is 3. The molecular weight excluding hydrogens is 317 g/mol. The van der Waals surface area contributed by atoms with Crippen LogP contribution in [0.4, 0.5) is 13.2 Å². The molecule has 0 saturated carbocycles. The average Bonchev–Trinajstić information content (AvgIpc) is 2.46. The van der Waals surface area contributed by atoms with Gasteiger partial charge in [-0.3, -0.25) is 10.2 Å². The highest BCUT2D eigenvalue weighted by molar-refractivity contribution is 6.31. The quantitative estimate of drug-likeness (QED) is 0.852. The molecule has 1 fully saturated rings. The molecule has 1 aliphatic rings. The third-order valence-electron chi connectivity index (χ3n) is 3.35. The molecule has 1 N–H and O–H groups in total. The van der Waals surface area contributed by atoms with Crippen LogP contribution in [0.15, 0.2) is 24.3 Å². The number of benzene rings is 1. The number of nitrogens with one attached hydrogen (secondary N) is 1. The largest absolute Gasteiger partial charge is 0.417 e. The van der Waals surface area contributed by atoms with Gasteiger partial charge in [0.1, 0.15) is 0 Å². The molecule has 1 saturated heterocycles. The van der Waals surface area contributed by atoms with Gasteiger partial charge in [0, 0.05) is 19.2 Å². The van der Waals surface area contributed by atoms with E-state index in [1.165, 1.54) is 24.3 Å². The summed E-state index contributed by atoms with van der Waals surface area (Å²) >= 11 is 5.54. The lowest BCUT2D eigenvalue weighted by Gasteiger charge is -2.26. The fraction of sp³-hybridized carbons (Fsp3) is 0.400. The Bertz CT molecular complexity index is 566. The summed E-state index contributed by atoms with van der Waals surface area (Å²) in [4.78, 5) is 11.7. The number of hydrogen-bond acceptors (Lipinski definition) is 2. The van der Waals surface area contributed by atoms with Gasteiger partial charge in [-0.05, 0) is 36.6 Å². The third-order valence-corrected chi connectivity index (χ3v) is 3.68. The molecule has 1 aromatic carbocycles. The van der Waals surface area contributed by atoms with Gasteiger partial charge in [-0.1, -0.05) is 24.1 Å². The normalized spacial score (nSPS) is 16.9. The van der Waals surface area contributed by atoms with E-state index in [0.29, 0.717) is 0 Å². The Labute approximate surface area is 131 Å². The fourth-order valence-corrected chi connectivity index (χ4v) is 2.46. The van der Waals surface area contributed by atoms with E-state index >= 15 is 0 Å². The van der Waals surface area contributed by atoms with Crippen molar-refractivity contribution in [3.63, 3.8) is 0 Å². The second kappa shape index (κ2) is 7.15. The van der Waals surface area contributed by atoms with E-state index < -0.39 is 11.7 Å². The van der Waals surface area contributed by atoms with Crippen LogP contribution in [0.5, 0.6) is 0 Å². The predicted molar refractivity (Wildman–Crippen MR) is 79.1 cm³/mol. The maximum Gasteiger partial charge on any atom is 0.417 e. The summed E-state index contributed by atoms with van der Waals surface area (Å²) in [5.41, 5.74) is 2.06. The lowest BCUT2D eigenvalue weighted by Crippen LogP contribution is -2.44. The Morgan fingerprint density at radius 1 is 1.23 bits per heavy atom. The van der Waals surface area contributed by atoms with Crippen molar-refractivity contribution in [1.82, 2.24) is 10.4 Å². The van der Waals surface area contributed by atoms with E-state index in [-0.39, 0.29) is 16.5 Å². The molecule has 1 aromatic rings. The van der Waals surface area contributed by atoms with E-state index in [2.05, 4.69) is 5.43 Å². The van der Waals surface area contributed by atoms with Crippen LogP contribution in [0.25, 0.3) is 6.08 Å². The summed E-state index contributed by atoms with van der Waals surface area (Å²) in [5, 5.41) is 1.46. The number of carbonyl (C=O) groups excluding carboxylic acids is 1. The minimum atomic E-state index is -4.52. The van der Waals surface area contributed by atoms with Crippen LogP contribution in [0.3, 0.4) is 0 Å². The second-order valence-corrected chi connectivity index (χ2v) is 5.50. The average molecular weight is 333 g/mol. The van der Waals surface area contributed by atoms with Crippen LogP contribution in [-0.4, -0.2) is 24.0 Å². The summed E-state index contributed by atoms with van der Waals surface area (Å²) in [7, 11) is 0. The van der Waals surface area contributed by atoms with Gasteiger partial charge in [-0.2, -0.15) is 13.2 Å². The zero-order valence-electron chi connectivity index (χ0n) is 11.8. The number of carbonyl (C=O) groups is 1. The van der Waals surface area contributed by atoms with Gasteiger partial charge < -0.3 is 0 Å². The number of halogens is 4. The van der Waals surface area contributed by atoms with Crippen LogP contribution in [0.2, 0.25) is 5.02 Å². The molecule has 1 aliphatic heterocycles. The number of piperidine rings is 1. The Morgan fingerprint density at radius 3 is 2.55 bits per heavy atom. The van der Waals surface area contributed by atoms with Crippen LogP contribution < -0.4 is 5.43 Å². The van der Waals surface area contributed by atoms with Crippen molar-refractivity contribution in [2.24, 2.45) is 0 Å². The van der Waals surface area contributed by atoms with Gasteiger partial charge >= 0.3 is 6.18 Å². The summed E-state index contributed by atoms with van der Waals surface area (Å²) in [6.07, 6.45) is 1.24. The highest BCUT2D eigenvalue weighted by atomic mass is 35.5. The topological polar surface area (TPSA) is 32.3 Å². The molecule has 0 unspecified atom stereocenters. The van der Waals surface area contributed by atoms with Crippen molar-refractivity contribution < 1.29 is 18.0 Å². The smallest absolute Gasteiger partial charge is 0.285 e. The van der Waals surface area contributed by atoms with Crippen LogP contribution >= 0.6 is 11.6 Å². The molecule has 2 rings (SSSR count). The first kappa shape index (κ1) is 16.8. The van der Waals surface area contributed by atoms with Gasteiger partial charge in [0.15, 0.2) is 0 Å². The Balaban J connectivity index is 2.01. The van der Waals surface area contributed by atoms with Crippen molar-refractivity contribution in [3.8, 4) is 0 Å². The van der Waals surface area contributed by atoms with Crippen molar-refractivity contribution >= 4 is 23.6 Å². The van der Waals surface area contributed by atoms with Crippen LogP contribution in [0.1, 0.15) is 30.4 Å². The summed E-state index contributed by atoms with van der Waals surface area (Å²) in [5.74, 6) is -0.356. The SMILES string of the molecule is O=C(/C=C/c1ccc(Cl)c(C(F)(F)F)c1)NN1CCCCC1. The number of hydrazine groups is 1. The molecule has 0 aliphatic carbocycles. The first-order chi connectivity index (χ1) is 10.4. The van der Waals surface area contributed by atoms with E-state index in [1.54, 1.807) is 0 Å². The second-order valence-electron chi connectivity index (χ2n) is 5.09. The van der Waals surface area contributed by atoms with Gasteiger partial charge in [0.25, 0.3) is 5.91 Å². The minimum absolute atomic E-state index is 0.269. The lowest BCUT2D eigenvalue weighted by atomic mass is 10.1. The molecule has 1 heterocycles. The Hall–Kier alpha value is -1.53. The van der Waals surface area contributed by atoms with Crippen molar-refractivity contribution in [2.75, 3.05) is 13.1 Å². The van der Waals surface area contributed by atoms with Gasteiger partial charge in [0.05, 0.1) is 10.6 Å². The first-order valence-electron chi connectivity index (χ1n) is 6.96. The zero-order valence-corrected chi connectivity index (χ0v) is 12.5. The van der Waals surface area contributed by atoms with Crippen molar-refractivity contribution in [1.29, 1.82) is 0 Å². The van der Waals surface area contributed by atoms with Crippen molar-refractivity contribution in [3.05, 3.63) is 40.4 Å². The maximum atomic E-state index is 12.7. The molecule has 1 amide bonds. The van der Waals surface area contributed by atoms with E-state index in [4.69, 9.17) is 11.6 Å². The summed E-state index contributed by atoms with van der Waals surface area (Å²) < 4.78 is 38.2. The maximum absolute atomic E-state index is 12.7. The fourth-order valence-electron chi connectivity index (χ4n) is 2.23. The molecule has 0 spiro atoms. The minimum Gasteiger partial charge on any atom is -0.285 e. The van der Waals surface area contributed by atoms with Crippen LogP contribution in [0, 0.1) is 0 Å². The summed E-state index contributed by atoms with van der Waals surface area (Å²) in [6.45, 7) is 1.58. The molecule has 22 heavy (non-hydrogen) atoms. The highest BCUT2D eigenvalue weighted by Crippen LogP contribution is 2.35. The molecular formula is C15H16ClF3N2O. The van der Waals surface area contributed by atoms with E-state index in [1.807, 2.05) is 5.01 Å². The molecule has 3 nitrogen and oxygen atoms in total. The van der Waals surface area contributed by atoms with E-state index in [9.17, 15) is 18.0 Å². The van der Waals surface area contributed by atoms with E-state index in [0.717, 1.165) is 38.4 Å². The monoisotopic (exact) mass is 332 g/mol. The standard InChI is InChI=1S/C15H16ClF3N2O/c16-13-6-4-11(10-12(13)15(17,18)19)5-7-14(22)20-21-8-2-1-3-9-21/h4-7,10H,1-3,8-9H2,(H,20,22)/b7-5+. The van der Waals surface area contributed by atoms with Crippen molar-refractivity contribution in [2.45, 2.75) is 25.4 Å². The third kappa shape index (κ3) is 4.74. The van der Waals surface area contributed by atoms with Crippen LogP contribution in [-0.2, 0) is 11.0 Å². The molecule has 0 radical (unpaired) electrons. The number of nitrogens with zero attached hydrogens (tertiary/aromatic N) is 1. The highest BCUT2D eigenvalue weighted by Gasteiger charge is 2.33. The Morgan fingerprint density at radius 2 is 1.91 bits per heavy atom. The molecule has 7 heteroatoms. The zero-order chi connectivity index (χ0) is 16.2. The van der Waals surface area contributed by atoms with Gasteiger partial charge in [-0.15, -0.1) is 0 Å². The Kier molecular flexibility index (Phi) is 5.47. The molecule has 0 aromatic heterocycles. The predicted octanol–water partition coefficient (Wildman–Crippen LogP) is 3.89.